The van der Waals surface area contributed by atoms with Gasteiger partial charge >= 0.3 is 0 Å². The van der Waals surface area contributed by atoms with E-state index in [1.54, 1.807) is 24.5 Å². The van der Waals surface area contributed by atoms with Gasteiger partial charge in [0.05, 0.1) is 5.56 Å². The maximum absolute atomic E-state index is 11.1. The first-order valence-corrected chi connectivity index (χ1v) is 4.41. The maximum atomic E-state index is 11.1. The van der Waals surface area contributed by atoms with E-state index in [0.717, 1.165) is 0 Å². The zero-order valence-corrected chi connectivity index (χ0v) is 7.02. The standard InChI is InChI=1S/C8H9NOS/c1-11-8(10)6-4-2-3-5-7(6)9/h2-5H,9H2,1H3. The predicted octanol–water partition coefficient (Wildman–Crippen LogP) is 1.77. The number of para-hydroxylation sites is 1. The Hall–Kier alpha value is -0.960. The molecule has 0 fully saturated rings. The quantitative estimate of drug-likeness (QED) is 0.648. The second-order valence-corrected chi connectivity index (χ2v) is 2.86. The molecule has 0 aliphatic heterocycles. The minimum Gasteiger partial charge on any atom is -0.398 e. The third-order valence-corrected chi connectivity index (χ3v) is 1.96. The van der Waals surface area contributed by atoms with Crippen molar-refractivity contribution in [2.75, 3.05) is 12.0 Å². The van der Waals surface area contributed by atoms with Crippen LogP contribution in [-0.2, 0) is 0 Å². The van der Waals surface area contributed by atoms with Crippen LogP contribution in [0.4, 0.5) is 5.69 Å². The molecule has 2 nitrogen and oxygen atoms in total. The minimum atomic E-state index is 0.0168. The van der Waals surface area contributed by atoms with E-state index in [4.69, 9.17) is 5.73 Å². The zero-order chi connectivity index (χ0) is 8.27. The smallest absolute Gasteiger partial charge is 0.221 e. The number of nitrogen functional groups attached to an aromatic ring is 1. The molecule has 0 radical (unpaired) electrons. The lowest BCUT2D eigenvalue weighted by atomic mass is 10.2. The highest BCUT2D eigenvalue weighted by Gasteiger charge is 2.05. The Morgan fingerprint density at radius 1 is 1.45 bits per heavy atom. The number of hydrogen-bond donors (Lipinski definition) is 1. The van der Waals surface area contributed by atoms with E-state index in [0.29, 0.717) is 11.3 Å². The van der Waals surface area contributed by atoms with E-state index in [1.807, 2.05) is 6.07 Å². The molecule has 1 aromatic carbocycles. The Morgan fingerprint density at radius 3 is 2.64 bits per heavy atom. The van der Waals surface area contributed by atoms with E-state index >= 15 is 0 Å². The lowest BCUT2D eigenvalue weighted by Crippen LogP contribution is -1.98. The lowest BCUT2D eigenvalue weighted by Gasteiger charge is -1.99. The molecule has 11 heavy (non-hydrogen) atoms. The van der Waals surface area contributed by atoms with Gasteiger partial charge in [-0.25, -0.2) is 0 Å². The molecule has 0 aliphatic rings. The SMILES string of the molecule is CSC(=O)c1ccccc1N. The van der Waals surface area contributed by atoms with Crippen molar-refractivity contribution in [2.45, 2.75) is 0 Å². The Bertz CT molecular complexity index is 273. The first-order valence-electron chi connectivity index (χ1n) is 3.18. The van der Waals surface area contributed by atoms with Gasteiger partial charge in [0.2, 0.25) is 5.12 Å². The van der Waals surface area contributed by atoms with E-state index in [1.165, 1.54) is 11.8 Å². The van der Waals surface area contributed by atoms with Crippen LogP contribution in [0.2, 0.25) is 0 Å². The van der Waals surface area contributed by atoms with Crippen molar-refractivity contribution in [3.63, 3.8) is 0 Å². The van der Waals surface area contributed by atoms with Crippen molar-refractivity contribution in [3.05, 3.63) is 29.8 Å². The van der Waals surface area contributed by atoms with Crippen LogP contribution in [-0.4, -0.2) is 11.4 Å². The molecule has 2 N–H and O–H groups in total. The molecule has 58 valence electrons. The van der Waals surface area contributed by atoms with Crippen LogP contribution >= 0.6 is 11.8 Å². The van der Waals surface area contributed by atoms with Gasteiger partial charge in [-0.1, -0.05) is 23.9 Å². The molecule has 3 heteroatoms. The average Bonchev–Trinajstić information content (AvgIpc) is 2.04. The highest BCUT2D eigenvalue weighted by molar-refractivity contribution is 8.13. The molecule has 0 aromatic heterocycles. The molecule has 0 heterocycles. The van der Waals surface area contributed by atoms with Crippen LogP contribution in [0.5, 0.6) is 0 Å². The van der Waals surface area contributed by atoms with Crippen LogP contribution in [0.1, 0.15) is 10.4 Å². The maximum Gasteiger partial charge on any atom is 0.221 e. The summed E-state index contributed by atoms with van der Waals surface area (Å²) < 4.78 is 0. The highest BCUT2D eigenvalue weighted by Crippen LogP contribution is 2.15. The molecular formula is C8H9NOS. The number of anilines is 1. The number of rotatable bonds is 1. The van der Waals surface area contributed by atoms with Crippen LogP contribution in [0.25, 0.3) is 0 Å². The molecule has 1 rings (SSSR count). The third-order valence-electron chi connectivity index (χ3n) is 1.37. The summed E-state index contributed by atoms with van der Waals surface area (Å²) in [5.74, 6) is 0. The normalized spacial score (nSPS) is 9.55. The van der Waals surface area contributed by atoms with Crippen LogP contribution in [0, 0.1) is 0 Å². The fraction of sp³-hybridized carbons (Fsp3) is 0.125. The second-order valence-electron chi connectivity index (χ2n) is 2.08. The summed E-state index contributed by atoms with van der Waals surface area (Å²) in [5, 5.41) is 0.0168. The number of benzene rings is 1. The van der Waals surface area contributed by atoms with Gasteiger partial charge in [0.15, 0.2) is 0 Å². The molecule has 0 spiro atoms. The molecule has 0 saturated carbocycles. The summed E-state index contributed by atoms with van der Waals surface area (Å²) in [7, 11) is 0. The topological polar surface area (TPSA) is 43.1 Å². The van der Waals surface area contributed by atoms with Gasteiger partial charge in [0.25, 0.3) is 0 Å². The van der Waals surface area contributed by atoms with Gasteiger partial charge in [-0.2, -0.15) is 0 Å². The van der Waals surface area contributed by atoms with E-state index < -0.39 is 0 Å². The van der Waals surface area contributed by atoms with E-state index in [9.17, 15) is 4.79 Å². The van der Waals surface area contributed by atoms with Crippen molar-refractivity contribution in [3.8, 4) is 0 Å². The van der Waals surface area contributed by atoms with Gasteiger partial charge in [0.1, 0.15) is 0 Å². The van der Waals surface area contributed by atoms with Crippen LogP contribution in [0.15, 0.2) is 24.3 Å². The molecular weight excluding hydrogens is 158 g/mol. The molecule has 1 aromatic rings. The van der Waals surface area contributed by atoms with Crippen molar-refractivity contribution in [1.29, 1.82) is 0 Å². The molecule has 0 aliphatic carbocycles. The second kappa shape index (κ2) is 3.44. The number of carbonyl (C=O) groups excluding carboxylic acids is 1. The third kappa shape index (κ3) is 1.74. The fourth-order valence-electron chi connectivity index (χ4n) is 0.793. The van der Waals surface area contributed by atoms with Gasteiger partial charge < -0.3 is 5.73 Å². The average molecular weight is 167 g/mol. The minimum absolute atomic E-state index is 0.0168. The van der Waals surface area contributed by atoms with E-state index in [-0.39, 0.29) is 5.12 Å². The van der Waals surface area contributed by atoms with Gasteiger partial charge in [-0.15, -0.1) is 0 Å². The van der Waals surface area contributed by atoms with Crippen molar-refractivity contribution in [1.82, 2.24) is 0 Å². The van der Waals surface area contributed by atoms with Crippen molar-refractivity contribution < 1.29 is 4.79 Å². The van der Waals surface area contributed by atoms with Gasteiger partial charge in [-0.05, 0) is 18.4 Å². The number of nitrogens with two attached hydrogens (primary N) is 1. The molecule has 0 amide bonds. The van der Waals surface area contributed by atoms with Gasteiger partial charge in [-0.3, -0.25) is 4.79 Å². The summed E-state index contributed by atoms with van der Waals surface area (Å²) in [6.07, 6.45) is 1.74. The molecule has 0 atom stereocenters. The largest absolute Gasteiger partial charge is 0.398 e. The number of hydrogen-bond acceptors (Lipinski definition) is 3. The first-order chi connectivity index (χ1) is 5.25. The number of carbonyl (C=O) groups is 1. The Kier molecular flexibility index (Phi) is 2.54. The van der Waals surface area contributed by atoms with Crippen LogP contribution < -0.4 is 5.73 Å². The summed E-state index contributed by atoms with van der Waals surface area (Å²) in [6.45, 7) is 0. The number of thioether (sulfide) groups is 1. The Labute approximate surface area is 69.8 Å². The predicted molar refractivity (Wildman–Crippen MR) is 48.7 cm³/mol. The molecule has 0 saturated heterocycles. The van der Waals surface area contributed by atoms with Crippen molar-refractivity contribution in [2.24, 2.45) is 0 Å². The summed E-state index contributed by atoms with van der Waals surface area (Å²) in [4.78, 5) is 11.1. The van der Waals surface area contributed by atoms with Crippen LogP contribution in [0.3, 0.4) is 0 Å². The monoisotopic (exact) mass is 167 g/mol. The summed E-state index contributed by atoms with van der Waals surface area (Å²) in [6, 6.07) is 7.07. The summed E-state index contributed by atoms with van der Waals surface area (Å²) in [5.41, 5.74) is 6.71. The zero-order valence-electron chi connectivity index (χ0n) is 6.20. The van der Waals surface area contributed by atoms with Crippen molar-refractivity contribution >= 4 is 22.6 Å². The van der Waals surface area contributed by atoms with Gasteiger partial charge in [0, 0.05) is 5.69 Å². The van der Waals surface area contributed by atoms with E-state index in [2.05, 4.69) is 0 Å². The first kappa shape index (κ1) is 8.14. The highest BCUT2D eigenvalue weighted by atomic mass is 32.2. The lowest BCUT2D eigenvalue weighted by molar-refractivity contribution is 0.109. The molecule has 0 bridgehead atoms. The molecule has 0 unspecified atom stereocenters. The fourth-order valence-corrected chi connectivity index (χ4v) is 1.20. The Balaban J connectivity index is 3.03. The Morgan fingerprint density at radius 2 is 2.09 bits per heavy atom. The summed E-state index contributed by atoms with van der Waals surface area (Å²) >= 11 is 1.17.